The summed E-state index contributed by atoms with van der Waals surface area (Å²) in [4.78, 5) is 24.3. The zero-order valence-corrected chi connectivity index (χ0v) is 12.9. The van der Waals surface area contributed by atoms with Crippen LogP contribution in [0.2, 0.25) is 5.02 Å². The fourth-order valence-corrected chi connectivity index (χ4v) is 2.81. The van der Waals surface area contributed by atoms with Gasteiger partial charge in [-0.2, -0.15) is 0 Å². The van der Waals surface area contributed by atoms with Crippen LogP contribution >= 0.6 is 11.6 Å². The molecule has 2 atom stereocenters. The van der Waals surface area contributed by atoms with E-state index in [2.05, 4.69) is 5.32 Å². The van der Waals surface area contributed by atoms with E-state index in [-0.39, 0.29) is 17.7 Å². The van der Waals surface area contributed by atoms with Crippen LogP contribution in [-0.4, -0.2) is 24.7 Å². The number of carbonyl (C=O) groups excluding carboxylic acids is 1. The number of amides is 1. The molecule has 3 rings (SSSR count). The lowest BCUT2D eigenvalue weighted by Gasteiger charge is -2.19. The maximum Gasteiger partial charge on any atom is 0.349 e. The number of ether oxygens (including phenoxy) is 1. The second-order valence-corrected chi connectivity index (χ2v) is 5.88. The highest BCUT2D eigenvalue weighted by atomic mass is 35.5. The lowest BCUT2D eigenvalue weighted by Crippen LogP contribution is -2.42. The summed E-state index contributed by atoms with van der Waals surface area (Å²) in [7, 11) is 0. The Morgan fingerprint density at radius 2 is 2.23 bits per heavy atom. The average molecular weight is 322 g/mol. The molecule has 1 aromatic carbocycles. The standard InChI is InChI=1S/C16H16ClNO4/c1-9(13-3-2-6-21-13)18-15(19)12-8-10-7-11(17)4-5-14(10)22-16(12)20/h4-5,7-9,13H,2-3,6H2,1H3,(H,18,19)/t9-,13+/m0/s1. The zero-order valence-electron chi connectivity index (χ0n) is 12.1. The van der Waals surface area contributed by atoms with Gasteiger partial charge >= 0.3 is 5.63 Å². The minimum atomic E-state index is -0.660. The van der Waals surface area contributed by atoms with Gasteiger partial charge in [-0.3, -0.25) is 4.79 Å². The molecule has 22 heavy (non-hydrogen) atoms. The summed E-state index contributed by atoms with van der Waals surface area (Å²) in [5.74, 6) is -0.460. The summed E-state index contributed by atoms with van der Waals surface area (Å²) in [6.45, 7) is 2.58. The van der Waals surface area contributed by atoms with Crippen molar-refractivity contribution in [2.24, 2.45) is 0 Å². The molecule has 0 radical (unpaired) electrons. The predicted octanol–water partition coefficient (Wildman–Crippen LogP) is 2.74. The molecular weight excluding hydrogens is 306 g/mol. The van der Waals surface area contributed by atoms with E-state index in [4.69, 9.17) is 20.8 Å². The summed E-state index contributed by atoms with van der Waals surface area (Å²) < 4.78 is 10.7. The van der Waals surface area contributed by atoms with Gasteiger partial charge in [0.2, 0.25) is 0 Å². The van der Waals surface area contributed by atoms with Crippen molar-refractivity contribution < 1.29 is 13.9 Å². The first kappa shape index (κ1) is 15.1. The van der Waals surface area contributed by atoms with Crippen molar-refractivity contribution in [2.75, 3.05) is 6.61 Å². The number of hydrogen-bond acceptors (Lipinski definition) is 4. The molecule has 1 aliphatic heterocycles. The highest BCUT2D eigenvalue weighted by Crippen LogP contribution is 2.19. The third-order valence-electron chi connectivity index (χ3n) is 3.82. The van der Waals surface area contributed by atoms with Gasteiger partial charge in [0.05, 0.1) is 12.1 Å². The van der Waals surface area contributed by atoms with Gasteiger partial charge in [-0.15, -0.1) is 0 Å². The molecule has 2 aromatic rings. The van der Waals surface area contributed by atoms with Crippen LogP contribution in [0.3, 0.4) is 0 Å². The summed E-state index contributed by atoms with van der Waals surface area (Å²) >= 11 is 5.92. The molecule has 6 heteroatoms. The maximum absolute atomic E-state index is 12.3. The first-order valence-corrected chi connectivity index (χ1v) is 7.58. The number of benzene rings is 1. The molecular formula is C16H16ClNO4. The Kier molecular flexibility index (Phi) is 4.18. The molecule has 1 aliphatic rings. The number of hydrogen-bond donors (Lipinski definition) is 1. The van der Waals surface area contributed by atoms with Crippen molar-refractivity contribution in [3.63, 3.8) is 0 Å². The smallest absolute Gasteiger partial charge is 0.349 e. The SMILES string of the molecule is C[C@H](NC(=O)c1cc2cc(Cl)ccc2oc1=O)[C@H]1CCCO1. The van der Waals surface area contributed by atoms with Crippen molar-refractivity contribution in [3.05, 3.63) is 45.3 Å². The molecule has 1 saturated heterocycles. The van der Waals surface area contributed by atoms with E-state index in [1.807, 2.05) is 6.92 Å². The quantitative estimate of drug-likeness (QED) is 0.883. The van der Waals surface area contributed by atoms with E-state index in [1.54, 1.807) is 18.2 Å². The zero-order chi connectivity index (χ0) is 15.7. The molecule has 0 unspecified atom stereocenters. The summed E-state index contributed by atoms with van der Waals surface area (Å²) in [5.41, 5.74) is -0.287. The molecule has 1 fully saturated rings. The van der Waals surface area contributed by atoms with Gasteiger partial charge in [0.15, 0.2) is 0 Å². The molecule has 116 valence electrons. The van der Waals surface area contributed by atoms with Crippen LogP contribution in [0.5, 0.6) is 0 Å². The van der Waals surface area contributed by atoms with E-state index in [1.165, 1.54) is 6.07 Å². The van der Waals surface area contributed by atoms with Gasteiger partial charge < -0.3 is 14.5 Å². The predicted molar refractivity (Wildman–Crippen MR) is 83.4 cm³/mol. The van der Waals surface area contributed by atoms with Crippen molar-refractivity contribution in [3.8, 4) is 0 Å². The molecule has 1 N–H and O–H groups in total. The number of fused-ring (bicyclic) bond motifs is 1. The highest BCUT2D eigenvalue weighted by molar-refractivity contribution is 6.31. The number of carbonyl (C=O) groups is 1. The third-order valence-corrected chi connectivity index (χ3v) is 4.06. The second kappa shape index (κ2) is 6.10. The Labute approximate surface area is 132 Å². The van der Waals surface area contributed by atoms with Crippen molar-refractivity contribution >= 4 is 28.5 Å². The van der Waals surface area contributed by atoms with Gasteiger partial charge in [0, 0.05) is 17.0 Å². The fraction of sp³-hybridized carbons (Fsp3) is 0.375. The highest BCUT2D eigenvalue weighted by Gasteiger charge is 2.25. The van der Waals surface area contributed by atoms with Crippen molar-refractivity contribution in [1.29, 1.82) is 0 Å². The lowest BCUT2D eigenvalue weighted by molar-refractivity contribution is 0.0710. The third kappa shape index (κ3) is 3.00. The molecule has 0 saturated carbocycles. The van der Waals surface area contributed by atoms with Gasteiger partial charge in [0.25, 0.3) is 5.91 Å². The molecule has 1 aromatic heterocycles. The number of halogens is 1. The van der Waals surface area contributed by atoms with E-state index in [9.17, 15) is 9.59 Å². The van der Waals surface area contributed by atoms with E-state index >= 15 is 0 Å². The van der Waals surface area contributed by atoms with Crippen molar-refractivity contribution in [1.82, 2.24) is 5.32 Å². The first-order chi connectivity index (χ1) is 10.5. The normalized spacial score (nSPS) is 19.3. The number of nitrogens with one attached hydrogen (secondary N) is 1. The second-order valence-electron chi connectivity index (χ2n) is 5.44. The summed E-state index contributed by atoms with van der Waals surface area (Å²) in [6.07, 6.45) is 1.89. The number of rotatable bonds is 3. The Hall–Kier alpha value is -1.85. The van der Waals surface area contributed by atoms with E-state index < -0.39 is 11.5 Å². The van der Waals surface area contributed by atoms with Crippen LogP contribution in [0.1, 0.15) is 30.1 Å². The fourth-order valence-electron chi connectivity index (χ4n) is 2.63. The van der Waals surface area contributed by atoms with E-state index in [0.717, 1.165) is 12.8 Å². The average Bonchev–Trinajstić information content (AvgIpc) is 3.01. The van der Waals surface area contributed by atoms with Crippen LogP contribution < -0.4 is 10.9 Å². The van der Waals surface area contributed by atoms with Crippen LogP contribution in [-0.2, 0) is 4.74 Å². The molecule has 2 heterocycles. The van der Waals surface area contributed by atoms with Crippen LogP contribution in [0, 0.1) is 0 Å². The lowest BCUT2D eigenvalue weighted by atomic mass is 10.1. The molecule has 5 nitrogen and oxygen atoms in total. The molecule has 1 amide bonds. The van der Waals surface area contributed by atoms with Gasteiger partial charge in [-0.25, -0.2) is 4.79 Å². The van der Waals surface area contributed by atoms with E-state index in [0.29, 0.717) is 22.6 Å². The Morgan fingerprint density at radius 3 is 2.95 bits per heavy atom. The summed E-state index contributed by atoms with van der Waals surface area (Å²) in [5, 5.41) is 3.93. The molecule has 0 spiro atoms. The van der Waals surface area contributed by atoms with Crippen molar-refractivity contribution in [2.45, 2.75) is 31.9 Å². The first-order valence-electron chi connectivity index (χ1n) is 7.20. The van der Waals surface area contributed by atoms with Gasteiger partial charge in [0.1, 0.15) is 11.1 Å². The van der Waals surface area contributed by atoms with Gasteiger partial charge in [-0.05, 0) is 44.0 Å². The van der Waals surface area contributed by atoms with Crippen LogP contribution in [0.15, 0.2) is 33.5 Å². The monoisotopic (exact) mass is 321 g/mol. The largest absolute Gasteiger partial charge is 0.422 e. The Balaban J connectivity index is 1.86. The molecule has 0 aliphatic carbocycles. The van der Waals surface area contributed by atoms with Crippen LogP contribution in [0.4, 0.5) is 0 Å². The van der Waals surface area contributed by atoms with Crippen LogP contribution in [0.25, 0.3) is 11.0 Å². The summed E-state index contributed by atoms with van der Waals surface area (Å²) in [6, 6.07) is 6.23. The minimum absolute atomic E-state index is 0.00843. The molecule has 0 bridgehead atoms. The Morgan fingerprint density at radius 1 is 1.41 bits per heavy atom. The minimum Gasteiger partial charge on any atom is -0.422 e. The van der Waals surface area contributed by atoms with Gasteiger partial charge in [-0.1, -0.05) is 11.6 Å². The maximum atomic E-state index is 12.3. The Bertz CT molecular complexity index is 764. The topological polar surface area (TPSA) is 68.5 Å².